The largest absolute Gasteiger partial charge is 0.354 e. The summed E-state index contributed by atoms with van der Waals surface area (Å²) in [5, 5.41) is 3.07. The second kappa shape index (κ2) is 5.73. The number of rotatable bonds is 5. The Morgan fingerprint density at radius 2 is 2.26 bits per heavy atom. The first kappa shape index (κ1) is 13.4. The molecule has 1 N–H and O–H groups in total. The lowest BCUT2D eigenvalue weighted by molar-refractivity contribution is 0.0931. The van der Waals surface area contributed by atoms with Crippen molar-refractivity contribution in [3.63, 3.8) is 0 Å². The van der Waals surface area contributed by atoms with Gasteiger partial charge >= 0.3 is 0 Å². The number of aromatic nitrogens is 3. The summed E-state index contributed by atoms with van der Waals surface area (Å²) in [5.41, 5.74) is 1.72. The molecule has 2 rings (SSSR count). The zero-order valence-corrected chi connectivity index (χ0v) is 11.6. The van der Waals surface area contributed by atoms with Crippen LogP contribution in [0.4, 0.5) is 0 Å². The first-order valence-electron chi connectivity index (χ1n) is 6.50. The lowest BCUT2D eigenvalue weighted by Gasteiger charge is -2.17. The molecule has 0 aliphatic rings. The van der Waals surface area contributed by atoms with Crippen LogP contribution in [-0.4, -0.2) is 26.1 Å². The fourth-order valence-corrected chi connectivity index (χ4v) is 2.04. The van der Waals surface area contributed by atoms with E-state index >= 15 is 0 Å². The van der Waals surface area contributed by atoms with Gasteiger partial charge in [0.1, 0.15) is 0 Å². The molecule has 0 radical (unpaired) electrons. The maximum atomic E-state index is 12.2. The minimum Gasteiger partial charge on any atom is -0.354 e. The predicted octanol–water partition coefficient (Wildman–Crippen LogP) is 1.74. The maximum absolute atomic E-state index is 12.2. The fourth-order valence-electron chi connectivity index (χ4n) is 2.04. The first-order valence-corrected chi connectivity index (χ1v) is 6.50. The summed E-state index contributed by atoms with van der Waals surface area (Å²) in [5.74, 6) is -0.00920. The number of nitrogens with one attached hydrogen (secondary N) is 1. The van der Waals surface area contributed by atoms with E-state index in [0.717, 1.165) is 24.2 Å². The molecule has 0 saturated heterocycles. The van der Waals surface area contributed by atoms with E-state index in [2.05, 4.69) is 17.2 Å². The highest BCUT2D eigenvalue weighted by Crippen LogP contribution is 2.09. The highest BCUT2D eigenvalue weighted by Gasteiger charge is 2.15. The van der Waals surface area contributed by atoms with Gasteiger partial charge in [-0.2, -0.15) is 0 Å². The molecular weight excluding hydrogens is 240 g/mol. The molecule has 19 heavy (non-hydrogen) atoms. The zero-order valence-electron chi connectivity index (χ0n) is 11.6. The molecule has 1 amide bonds. The van der Waals surface area contributed by atoms with Gasteiger partial charge in [0.05, 0.1) is 11.9 Å². The Labute approximate surface area is 113 Å². The van der Waals surface area contributed by atoms with Gasteiger partial charge in [-0.05, 0) is 19.4 Å². The van der Waals surface area contributed by atoms with Gasteiger partial charge < -0.3 is 14.5 Å². The molecule has 2 heterocycles. The molecule has 2 aromatic rings. The number of nitrogens with zero attached hydrogens (tertiary/aromatic N) is 3. The van der Waals surface area contributed by atoms with Crippen LogP contribution in [0.5, 0.6) is 0 Å². The van der Waals surface area contributed by atoms with E-state index in [4.69, 9.17) is 0 Å². The molecule has 102 valence electrons. The van der Waals surface area contributed by atoms with Crippen LogP contribution in [0.3, 0.4) is 0 Å². The monoisotopic (exact) mass is 260 g/mol. The Hall–Kier alpha value is -2.04. The number of imidazole rings is 1. The van der Waals surface area contributed by atoms with Crippen molar-refractivity contribution in [1.29, 1.82) is 0 Å². The van der Waals surface area contributed by atoms with Crippen LogP contribution in [0.25, 0.3) is 0 Å². The lowest BCUT2D eigenvalue weighted by atomic mass is 10.2. The lowest BCUT2D eigenvalue weighted by Crippen LogP contribution is -2.37. The summed E-state index contributed by atoms with van der Waals surface area (Å²) < 4.78 is 3.93. The van der Waals surface area contributed by atoms with Crippen molar-refractivity contribution in [2.45, 2.75) is 32.9 Å². The molecule has 0 bridgehead atoms. The Balaban J connectivity index is 2.02. The van der Waals surface area contributed by atoms with Crippen molar-refractivity contribution in [3.05, 3.63) is 42.2 Å². The van der Waals surface area contributed by atoms with Crippen molar-refractivity contribution in [2.75, 3.05) is 0 Å². The maximum Gasteiger partial charge on any atom is 0.253 e. The Morgan fingerprint density at radius 1 is 1.47 bits per heavy atom. The molecular formula is C14H20N4O. The number of hydrogen-bond donors (Lipinski definition) is 1. The van der Waals surface area contributed by atoms with Crippen LogP contribution >= 0.6 is 0 Å². The summed E-state index contributed by atoms with van der Waals surface area (Å²) in [7, 11) is 1.94. The minimum absolute atomic E-state index is 0.00920. The van der Waals surface area contributed by atoms with Crippen LogP contribution in [0.1, 0.15) is 29.4 Å². The average molecular weight is 260 g/mol. The van der Waals surface area contributed by atoms with Crippen molar-refractivity contribution in [2.24, 2.45) is 7.05 Å². The van der Waals surface area contributed by atoms with Gasteiger partial charge in [-0.15, -0.1) is 0 Å². The van der Waals surface area contributed by atoms with Gasteiger partial charge in [0.2, 0.25) is 0 Å². The summed E-state index contributed by atoms with van der Waals surface area (Å²) in [6, 6.07) is 1.97. The molecule has 5 nitrogen and oxygen atoms in total. The van der Waals surface area contributed by atoms with Crippen molar-refractivity contribution in [1.82, 2.24) is 19.4 Å². The van der Waals surface area contributed by atoms with E-state index in [1.807, 2.05) is 41.6 Å². The highest BCUT2D eigenvalue weighted by atomic mass is 16.1. The number of carbonyl (C=O) groups is 1. The Bertz CT molecular complexity index is 542. The third-order valence-corrected chi connectivity index (χ3v) is 3.45. The molecule has 0 spiro atoms. The standard InChI is InChI=1S/C14H20N4O/c1-4-12(9-18-8-6-15-10-18)16-14(19)13-5-7-17(3)11(13)2/h5-8,10,12H,4,9H2,1-3H3,(H,16,19). The van der Waals surface area contributed by atoms with Crippen LogP contribution in [-0.2, 0) is 13.6 Å². The molecule has 0 aliphatic heterocycles. The Morgan fingerprint density at radius 3 is 2.79 bits per heavy atom. The third kappa shape index (κ3) is 3.05. The van der Waals surface area contributed by atoms with E-state index < -0.39 is 0 Å². The molecule has 0 fully saturated rings. The zero-order chi connectivity index (χ0) is 13.8. The van der Waals surface area contributed by atoms with E-state index in [-0.39, 0.29) is 11.9 Å². The molecule has 0 saturated carbocycles. The second-order valence-corrected chi connectivity index (χ2v) is 4.76. The average Bonchev–Trinajstić information content (AvgIpc) is 3.00. The molecule has 5 heteroatoms. The van der Waals surface area contributed by atoms with Gasteiger partial charge in [0.15, 0.2) is 0 Å². The first-order chi connectivity index (χ1) is 9.11. The molecule has 0 aliphatic carbocycles. The second-order valence-electron chi connectivity index (χ2n) is 4.76. The van der Waals surface area contributed by atoms with Gasteiger partial charge in [-0.1, -0.05) is 6.92 Å². The number of hydrogen-bond acceptors (Lipinski definition) is 2. The molecule has 1 atom stereocenters. The van der Waals surface area contributed by atoms with Gasteiger partial charge in [-0.3, -0.25) is 4.79 Å². The predicted molar refractivity (Wildman–Crippen MR) is 73.9 cm³/mol. The van der Waals surface area contributed by atoms with Crippen molar-refractivity contribution >= 4 is 5.91 Å². The summed E-state index contributed by atoms with van der Waals surface area (Å²) in [6.45, 7) is 4.76. The smallest absolute Gasteiger partial charge is 0.253 e. The Kier molecular flexibility index (Phi) is 4.04. The van der Waals surface area contributed by atoms with Crippen LogP contribution < -0.4 is 5.32 Å². The number of amides is 1. The van der Waals surface area contributed by atoms with Crippen molar-refractivity contribution in [3.8, 4) is 0 Å². The van der Waals surface area contributed by atoms with Crippen LogP contribution in [0, 0.1) is 6.92 Å². The number of carbonyl (C=O) groups excluding carboxylic acids is 1. The normalized spacial score (nSPS) is 12.4. The summed E-state index contributed by atoms with van der Waals surface area (Å²) in [6.07, 6.45) is 8.21. The topological polar surface area (TPSA) is 51.9 Å². The van der Waals surface area contributed by atoms with Gasteiger partial charge in [0, 0.05) is 43.9 Å². The minimum atomic E-state index is -0.00920. The SMILES string of the molecule is CCC(Cn1ccnc1)NC(=O)c1ccn(C)c1C. The van der Waals surface area contributed by atoms with E-state index in [0.29, 0.717) is 0 Å². The van der Waals surface area contributed by atoms with Crippen LogP contribution in [0.2, 0.25) is 0 Å². The third-order valence-electron chi connectivity index (χ3n) is 3.45. The molecule has 1 unspecified atom stereocenters. The highest BCUT2D eigenvalue weighted by molar-refractivity contribution is 5.95. The summed E-state index contributed by atoms with van der Waals surface area (Å²) >= 11 is 0. The van der Waals surface area contributed by atoms with E-state index in [9.17, 15) is 4.79 Å². The summed E-state index contributed by atoms with van der Waals surface area (Å²) in [4.78, 5) is 16.2. The van der Waals surface area contributed by atoms with E-state index in [1.165, 1.54) is 0 Å². The van der Waals surface area contributed by atoms with Gasteiger partial charge in [-0.25, -0.2) is 4.98 Å². The molecule has 2 aromatic heterocycles. The van der Waals surface area contributed by atoms with Gasteiger partial charge in [0.25, 0.3) is 5.91 Å². The van der Waals surface area contributed by atoms with Crippen molar-refractivity contribution < 1.29 is 4.79 Å². The van der Waals surface area contributed by atoms with Crippen LogP contribution in [0.15, 0.2) is 31.0 Å². The quantitative estimate of drug-likeness (QED) is 0.890. The number of aryl methyl sites for hydroxylation is 1. The fraction of sp³-hybridized carbons (Fsp3) is 0.429. The molecule has 0 aromatic carbocycles. The van der Waals surface area contributed by atoms with E-state index in [1.54, 1.807) is 12.5 Å².